The number of aliphatic hydroxyl groups is 1. The fourth-order valence-corrected chi connectivity index (χ4v) is 4.14. The maximum atomic E-state index is 12.1. The van der Waals surface area contributed by atoms with E-state index in [1.807, 2.05) is 48.0 Å². The molecule has 114 valence electrons. The minimum Gasteiger partial charge on any atom is -0.387 e. The number of hydrogen-bond acceptors (Lipinski definition) is 4. The topological polar surface area (TPSA) is 66.4 Å². The second-order valence-electron chi connectivity index (χ2n) is 5.01. The predicted octanol–water partition coefficient (Wildman–Crippen LogP) is 2.50. The van der Waals surface area contributed by atoms with E-state index in [0.717, 1.165) is 11.1 Å². The van der Waals surface area contributed by atoms with E-state index in [2.05, 4.69) is 4.72 Å². The van der Waals surface area contributed by atoms with Gasteiger partial charge in [-0.2, -0.15) is 11.3 Å². The van der Waals surface area contributed by atoms with Gasteiger partial charge in [-0.1, -0.05) is 37.3 Å². The van der Waals surface area contributed by atoms with Crippen molar-refractivity contribution in [2.24, 2.45) is 0 Å². The van der Waals surface area contributed by atoms with Crippen LogP contribution in [0.3, 0.4) is 0 Å². The molecule has 0 amide bonds. The normalized spacial score (nSPS) is 14.8. The molecule has 0 saturated heterocycles. The highest BCUT2D eigenvalue weighted by Gasteiger charge is 2.18. The summed E-state index contributed by atoms with van der Waals surface area (Å²) in [5, 5.41) is 13.6. The van der Waals surface area contributed by atoms with Gasteiger partial charge >= 0.3 is 0 Å². The minimum atomic E-state index is -3.42. The Balaban J connectivity index is 1.90. The SMILES string of the molecule is CC(CS(=O)(=O)NCC(O)c1ccsc1)c1ccccc1. The van der Waals surface area contributed by atoms with Gasteiger partial charge in [-0.05, 0) is 33.9 Å². The molecule has 1 heterocycles. The summed E-state index contributed by atoms with van der Waals surface area (Å²) in [6.45, 7) is 1.88. The summed E-state index contributed by atoms with van der Waals surface area (Å²) < 4.78 is 26.6. The van der Waals surface area contributed by atoms with Gasteiger partial charge in [0, 0.05) is 6.54 Å². The minimum absolute atomic E-state index is 0.000572. The van der Waals surface area contributed by atoms with Crippen molar-refractivity contribution >= 4 is 21.4 Å². The van der Waals surface area contributed by atoms with Crippen LogP contribution < -0.4 is 4.72 Å². The molecular weight excluding hydrogens is 306 g/mol. The van der Waals surface area contributed by atoms with E-state index in [1.165, 1.54) is 11.3 Å². The number of benzene rings is 1. The average Bonchev–Trinajstić information content (AvgIpc) is 2.99. The van der Waals surface area contributed by atoms with Crippen LogP contribution in [0.5, 0.6) is 0 Å². The fourth-order valence-electron chi connectivity index (χ4n) is 2.05. The third kappa shape index (κ3) is 4.93. The van der Waals surface area contributed by atoms with Gasteiger partial charge in [-0.3, -0.25) is 0 Å². The summed E-state index contributed by atoms with van der Waals surface area (Å²) >= 11 is 1.47. The van der Waals surface area contributed by atoms with Crippen LogP contribution >= 0.6 is 11.3 Å². The molecule has 0 fully saturated rings. The number of hydrogen-bond donors (Lipinski definition) is 2. The van der Waals surface area contributed by atoms with Crippen LogP contribution in [0.2, 0.25) is 0 Å². The van der Waals surface area contributed by atoms with Gasteiger partial charge in [0.2, 0.25) is 10.0 Å². The first-order valence-electron chi connectivity index (χ1n) is 6.70. The van der Waals surface area contributed by atoms with Crippen LogP contribution in [0, 0.1) is 0 Å². The number of thiophene rings is 1. The van der Waals surface area contributed by atoms with Crippen LogP contribution in [0.4, 0.5) is 0 Å². The van der Waals surface area contributed by atoms with Crippen molar-refractivity contribution in [1.82, 2.24) is 4.72 Å². The first kappa shape index (κ1) is 16.2. The van der Waals surface area contributed by atoms with E-state index >= 15 is 0 Å². The second kappa shape index (κ2) is 7.17. The molecule has 0 aliphatic carbocycles. The monoisotopic (exact) mass is 325 g/mol. The first-order valence-corrected chi connectivity index (χ1v) is 9.30. The molecule has 0 aliphatic rings. The molecule has 6 heteroatoms. The van der Waals surface area contributed by atoms with E-state index in [1.54, 1.807) is 6.07 Å². The Bertz CT molecular complexity index is 639. The summed E-state index contributed by atoms with van der Waals surface area (Å²) in [7, 11) is -3.42. The Kier molecular flexibility index (Phi) is 5.52. The summed E-state index contributed by atoms with van der Waals surface area (Å²) in [4.78, 5) is 0. The molecule has 0 aliphatic heterocycles. The Hall–Kier alpha value is -1.21. The molecule has 0 bridgehead atoms. The fraction of sp³-hybridized carbons (Fsp3) is 0.333. The highest BCUT2D eigenvalue weighted by molar-refractivity contribution is 7.89. The lowest BCUT2D eigenvalue weighted by Gasteiger charge is -2.15. The zero-order chi connectivity index (χ0) is 15.3. The third-order valence-electron chi connectivity index (χ3n) is 3.26. The molecule has 0 saturated carbocycles. The highest BCUT2D eigenvalue weighted by Crippen LogP contribution is 2.18. The van der Waals surface area contributed by atoms with E-state index in [-0.39, 0.29) is 18.2 Å². The van der Waals surface area contributed by atoms with Crippen molar-refractivity contribution in [2.75, 3.05) is 12.3 Å². The smallest absolute Gasteiger partial charge is 0.212 e. The van der Waals surface area contributed by atoms with Crippen LogP contribution in [-0.4, -0.2) is 25.8 Å². The van der Waals surface area contributed by atoms with Crippen molar-refractivity contribution in [3.63, 3.8) is 0 Å². The van der Waals surface area contributed by atoms with Gasteiger partial charge in [0.25, 0.3) is 0 Å². The van der Waals surface area contributed by atoms with Gasteiger partial charge in [0.1, 0.15) is 0 Å². The summed E-state index contributed by atoms with van der Waals surface area (Å²) in [6, 6.07) is 11.3. The molecule has 0 radical (unpaired) electrons. The van der Waals surface area contributed by atoms with Crippen LogP contribution in [-0.2, 0) is 10.0 Å². The molecule has 0 spiro atoms. The Morgan fingerprint density at radius 1 is 1.19 bits per heavy atom. The molecule has 21 heavy (non-hydrogen) atoms. The lowest BCUT2D eigenvalue weighted by atomic mass is 10.0. The van der Waals surface area contributed by atoms with E-state index in [9.17, 15) is 13.5 Å². The quantitative estimate of drug-likeness (QED) is 0.822. The molecule has 2 rings (SSSR count). The summed E-state index contributed by atoms with van der Waals surface area (Å²) in [6.07, 6.45) is -0.807. The Labute approximate surface area is 129 Å². The van der Waals surface area contributed by atoms with E-state index < -0.39 is 16.1 Å². The van der Waals surface area contributed by atoms with Gasteiger partial charge < -0.3 is 5.11 Å². The van der Waals surface area contributed by atoms with Gasteiger partial charge in [0.15, 0.2) is 0 Å². The number of rotatable bonds is 7. The van der Waals surface area contributed by atoms with Crippen LogP contribution in [0.15, 0.2) is 47.2 Å². The van der Waals surface area contributed by atoms with Crippen molar-refractivity contribution in [3.8, 4) is 0 Å². The van der Waals surface area contributed by atoms with Crippen molar-refractivity contribution in [2.45, 2.75) is 18.9 Å². The van der Waals surface area contributed by atoms with Crippen molar-refractivity contribution in [3.05, 3.63) is 58.3 Å². The Morgan fingerprint density at radius 2 is 1.90 bits per heavy atom. The lowest BCUT2D eigenvalue weighted by molar-refractivity contribution is 0.182. The zero-order valence-electron chi connectivity index (χ0n) is 11.8. The van der Waals surface area contributed by atoms with Crippen molar-refractivity contribution < 1.29 is 13.5 Å². The molecule has 2 atom stereocenters. The Morgan fingerprint density at radius 3 is 2.52 bits per heavy atom. The van der Waals surface area contributed by atoms with Crippen LogP contribution in [0.1, 0.15) is 30.1 Å². The molecule has 2 N–H and O–H groups in total. The summed E-state index contributed by atoms with van der Waals surface area (Å²) in [5.41, 5.74) is 1.72. The number of aliphatic hydroxyl groups excluding tert-OH is 1. The predicted molar refractivity (Wildman–Crippen MR) is 85.9 cm³/mol. The average molecular weight is 325 g/mol. The zero-order valence-corrected chi connectivity index (χ0v) is 13.4. The highest BCUT2D eigenvalue weighted by atomic mass is 32.2. The molecule has 1 aromatic heterocycles. The van der Waals surface area contributed by atoms with Gasteiger partial charge in [0.05, 0.1) is 11.9 Å². The summed E-state index contributed by atoms with van der Waals surface area (Å²) in [5.74, 6) is -0.0881. The van der Waals surface area contributed by atoms with Gasteiger partial charge in [-0.25, -0.2) is 13.1 Å². The van der Waals surface area contributed by atoms with Crippen LogP contribution in [0.25, 0.3) is 0 Å². The van der Waals surface area contributed by atoms with Gasteiger partial charge in [-0.15, -0.1) is 0 Å². The molecule has 1 aromatic carbocycles. The van der Waals surface area contributed by atoms with E-state index in [4.69, 9.17) is 0 Å². The molecule has 4 nitrogen and oxygen atoms in total. The molecule has 2 aromatic rings. The lowest BCUT2D eigenvalue weighted by Crippen LogP contribution is -2.32. The molecule has 2 unspecified atom stereocenters. The molecular formula is C15H19NO3S2. The largest absolute Gasteiger partial charge is 0.387 e. The maximum Gasteiger partial charge on any atom is 0.212 e. The van der Waals surface area contributed by atoms with Crippen molar-refractivity contribution in [1.29, 1.82) is 0 Å². The maximum absolute atomic E-state index is 12.1. The first-order chi connectivity index (χ1) is 9.98. The van der Waals surface area contributed by atoms with E-state index in [0.29, 0.717) is 0 Å². The second-order valence-corrected chi connectivity index (χ2v) is 7.65. The standard InChI is InChI=1S/C15H19NO3S2/c1-12(13-5-3-2-4-6-13)11-21(18,19)16-9-15(17)14-7-8-20-10-14/h2-8,10,12,15-17H,9,11H2,1H3. The number of sulfonamides is 1. The third-order valence-corrected chi connectivity index (χ3v) is 5.51. The number of nitrogens with one attached hydrogen (secondary N) is 1.